The van der Waals surface area contributed by atoms with Crippen molar-refractivity contribution in [1.29, 1.82) is 0 Å². The lowest BCUT2D eigenvalue weighted by Crippen LogP contribution is -2.01. The Bertz CT molecular complexity index is 3160. The second kappa shape index (κ2) is 13.0. The van der Waals surface area contributed by atoms with Crippen molar-refractivity contribution in [1.82, 2.24) is 24.1 Å². The molecule has 0 amide bonds. The zero-order chi connectivity index (χ0) is 37.0. The summed E-state index contributed by atoms with van der Waals surface area (Å²) >= 11 is 0. The second-order valence-corrected chi connectivity index (χ2v) is 14.0. The van der Waals surface area contributed by atoms with Crippen LogP contribution in [0.25, 0.3) is 100 Å². The van der Waals surface area contributed by atoms with Crippen LogP contribution in [0.15, 0.2) is 200 Å². The van der Waals surface area contributed by atoms with Gasteiger partial charge in [-0.3, -0.25) is 0 Å². The molecule has 0 saturated carbocycles. The summed E-state index contributed by atoms with van der Waals surface area (Å²) in [6.45, 7) is 0. The van der Waals surface area contributed by atoms with Crippen LogP contribution in [-0.4, -0.2) is 24.1 Å². The molecule has 5 nitrogen and oxygen atoms in total. The highest BCUT2D eigenvalue weighted by Crippen LogP contribution is 2.45. The lowest BCUT2D eigenvalue weighted by molar-refractivity contribution is 1.07. The minimum Gasteiger partial charge on any atom is -0.309 e. The van der Waals surface area contributed by atoms with Crippen molar-refractivity contribution in [3.05, 3.63) is 200 Å². The largest absolute Gasteiger partial charge is 0.309 e. The number of rotatable bonds is 6. The van der Waals surface area contributed by atoms with Gasteiger partial charge in [0.05, 0.1) is 22.1 Å². The third kappa shape index (κ3) is 5.13. The van der Waals surface area contributed by atoms with E-state index < -0.39 is 0 Å². The fraction of sp³-hybridized carbons (Fsp3) is 0. The maximum atomic E-state index is 5.22. The molecule has 0 radical (unpaired) electrons. The Morgan fingerprint density at radius 1 is 0.286 bits per heavy atom. The van der Waals surface area contributed by atoms with Crippen LogP contribution in [0.4, 0.5) is 0 Å². The maximum Gasteiger partial charge on any atom is 0.164 e. The molecule has 5 heteroatoms. The van der Waals surface area contributed by atoms with E-state index in [0.717, 1.165) is 61.3 Å². The van der Waals surface area contributed by atoms with E-state index in [0.29, 0.717) is 17.5 Å². The van der Waals surface area contributed by atoms with Gasteiger partial charge in [0.15, 0.2) is 17.5 Å². The van der Waals surface area contributed by atoms with Crippen LogP contribution < -0.4 is 0 Å². The topological polar surface area (TPSA) is 48.5 Å². The molecule has 11 aromatic rings. The molecule has 0 aliphatic carbocycles. The summed E-state index contributed by atoms with van der Waals surface area (Å²) in [5.41, 5.74) is 11.8. The van der Waals surface area contributed by atoms with E-state index in [1.807, 2.05) is 36.4 Å². The minimum atomic E-state index is 0.615. The van der Waals surface area contributed by atoms with Crippen LogP contribution in [0.5, 0.6) is 0 Å². The van der Waals surface area contributed by atoms with Crippen molar-refractivity contribution in [2.45, 2.75) is 0 Å². The Labute approximate surface area is 323 Å². The van der Waals surface area contributed by atoms with E-state index in [9.17, 15) is 0 Å². The fourth-order valence-corrected chi connectivity index (χ4v) is 8.33. The Morgan fingerprint density at radius 2 is 0.696 bits per heavy atom. The smallest absolute Gasteiger partial charge is 0.164 e. The van der Waals surface area contributed by atoms with E-state index in [1.165, 1.54) is 21.5 Å². The van der Waals surface area contributed by atoms with Gasteiger partial charge in [0, 0.05) is 49.6 Å². The Morgan fingerprint density at radius 3 is 1.23 bits per heavy atom. The Hall–Kier alpha value is -7.63. The van der Waals surface area contributed by atoms with E-state index in [-0.39, 0.29) is 0 Å². The molecule has 56 heavy (non-hydrogen) atoms. The highest BCUT2D eigenvalue weighted by Gasteiger charge is 2.23. The van der Waals surface area contributed by atoms with Crippen LogP contribution in [0, 0.1) is 0 Å². The average molecular weight is 716 g/mol. The van der Waals surface area contributed by atoms with Gasteiger partial charge in [-0.15, -0.1) is 0 Å². The molecule has 262 valence electrons. The molecule has 0 N–H and O–H groups in total. The summed E-state index contributed by atoms with van der Waals surface area (Å²) in [6, 6.07) is 70.3. The van der Waals surface area contributed by atoms with Crippen molar-refractivity contribution in [3.8, 4) is 56.7 Å². The molecule has 3 aromatic heterocycles. The highest BCUT2D eigenvalue weighted by atomic mass is 15.0. The molecular formula is C51H33N5. The number of benzene rings is 8. The van der Waals surface area contributed by atoms with Gasteiger partial charge >= 0.3 is 0 Å². The molecule has 0 aliphatic rings. The van der Waals surface area contributed by atoms with Crippen molar-refractivity contribution < 1.29 is 0 Å². The lowest BCUT2D eigenvalue weighted by atomic mass is 9.93. The molecular weight excluding hydrogens is 683 g/mol. The molecule has 0 unspecified atom stereocenters. The van der Waals surface area contributed by atoms with Gasteiger partial charge in [0.25, 0.3) is 0 Å². The predicted octanol–water partition coefficient (Wildman–Crippen LogP) is 12.7. The lowest BCUT2D eigenvalue weighted by Gasteiger charge is -2.14. The third-order valence-electron chi connectivity index (χ3n) is 10.7. The molecule has 0 spiro atoms. The summed E-state index contributed by atoms with van der Waals surface area (Å²) in [6.07, 6.45) is 0. The summed E-state index contributed by atoms with van der Waals surface area (Å²) in [5, 5.41) is 4.76. The summed E-state index contributed by atoms with van der Waals surface area (Å²) in [5.74, 6) is 1.88. The predicted molar refractivity (Wildman–Crippen MR) is 230 cm³/mol. The van der Waals surface area contributed by atoms with Crippen molar-refractivity contribution >= 4 is 43.6 Å². The maximum absolute atomic E-state index is 5.22. The number of para-hydroxylation sites is 4. The molecule has 0 fully saturated rings. The van der Waals surface area contributed by atoms with E-state index in [2.05, 4.69) is 173 Å². The monoisotopic (exact) mass is 715 g/mol. The summed E-state index contributed by atoms with van der Waals surface area (Å²) in [7, 11) is 0. The first kappa shape index (κ1) is 31.9. The van der Waals surface area contributed by atoms with Crippen LogP contribution in [-0.2, 0) is 0 Å². The van der Waals surface area contributed by atoms with Gasteiger partial charge in [-0.1, -0.05) is 146 Å². The van der Waals surface area contributed by atoms with Crippen LogP contribution in [0.1, 0.15) is 0 Å². The minimum absolute atomic E-state index is 0.615. The molecule has 11 rings (SSSR count). The van der Waals surface area contributed by atoms with E-state index in [4.69, 9.17) is 15.0 Å². The molecule has 0 bridgehead atoms. The van der Waals surface area contributed by atoms with Crippen molar-refractivity contribution in [3.63, 3.8) is 0 Å². The number of fused-ring (bicyclic) bond motifs is 6. The van der Waals surface area contributed by atoms with Gasteiger partial charge in [0.1, 0.15) is 0 Å². The Balaban J connectivity index is 1.28. The first-order valence-electron chi connectivity index (χ1n) is 18.9. The number of hydrogen-bond acceptors (Lipinski definition) is 3. The average Bonchev–Trinajstić information content (AvgIpc) is 3.80. The van der Waals surface area contributed by atoms with Gasteiger partial charge in [-0.05, 0) is 65.7 Å². The zero-order valence-electron chi connectivity index (χ0n) is 30.3. The third-order valence-corrected chi connectivity index (χ3v) is 10.7. The SMILES string of the molecule is c1ccc(-c2nc(-c3ccccc3)nc(-c3cc(-c4cccc5c4c4ccccc4n5-c4ccccc4)c4c5ccccc5n(-c5ccccc5)c4c3)n2)cc1. The second-order valence-electron chi connectivity index (χ2n) is 14.0. The van der Waals surface area contributed by atoms with Gasteiger partial charge in [-0.25, -0.2) is 15.0 Å². The van der Waals surface area contributed by atoms with Gasteiger partial charge < -0.3 is 9.13 Å². The standard InChI is InChI=1S/C51H33N5/c1-5-18-34(19-6-1)49-52-50(35-20-7-2-8-21-35)54-51(53-49)36-32-42(48-41-27-14-16-30-44(41)56(46(48)33-36)38-24-11-4-12-25-38)39-28-17-31-45-47(39)40-26-13-15-29-43(40)55(45)37-22-9-3-10-23-37/h1-33H. The first-order chi connectivity index (χ1) is 27.8. The number of aromatic nitrogens is 5. The van der Waals surface area contributed by atoms with Crippen LogP contribution in [0.2, 0.25) is 0 Å². The molecule has 0 atom stereocenters. The first-order valence-corrected chi connectivity index (χ1v) is 18.9. The molecule has 0 aliphatic heterocycles. The quantitative estimate of drug-likeness (QED) is 0.172. The van der Waals surface area contributed by atoms with E-state index >= 15 is 0 Å². The summed E-state index contributed by atoms with van der Waals surface area (Å²) < 4.78 is 4.76. The molecule has 8 aromatic carbocycles. The normalized spacial score (nSPS) is 11.6. The number of nitrogens with zero attached hydrogens (tertiary/aromatic N) is 5. The Kier molecular flexibility index (Phi) is 7.42. The fourth-order valence-electron chi connectivity index (χ4n) is 8.33. The molecule has 3 heterocycles. The number of hydrogen-bond donors (Lipinski definition) is 0. The van der Waals surface area contributed by atoms with Gasteiger partial charge in [-0.2, -0.15) is 0 Å². The van der Waals surface area contributed by atoms with Crippen molar-refractivity contribution in [2.24, 2.45) is 0 Å². The van der Waals surface area contributed by atoms with Crippen molar-refractivity contribution in [2.75, 3.05) is 0 Å². The molecule has 0 saturated heterocycles. The zero-order valence-corrected chi connectivity index (χ0v) is 30.3. The van der Waals surface area contributed by atoms with Crippen LogP contribution >= 0.6 is 0 Å². The van der Waals surface area contributed by atoms with E-state index in [1.54, 1.807) is 0 Å². The van der Waals surface area contributed by atoms with Crippen LogP contribution in [0.3, 0.4) is 0 Å². The van der Waals surface area contributed by atoms with Gasteiger partial charge in [0.2, 0.25) is 0 Å². The summed E-state index contributed by atoms with van der Waals surface area (Å²) in [4.78, 5) is 15.5. The highest BCUT2D eigenvalue weighted by molar-refractivity contribution is 6.22.